The Hall–Kier alpha value is -0.150. The second kappa shape index (κ2) is 5.46. The van der Waals surface area contributed by atoms with E-state index in [9.17, 15) is 4.79 Å². The van der Waals surface area contributed by atoms with Crippen LogP contribution in [-0.2, 0) is 11.2 Å². The van der Waals surface area contributed by atoms with Crippen LogP contribution in [-0.4, -0.2) is 5.78 Å². The SMILES string of the molecule is CC1CCC(C(=O)Cc2sccc2Br)CC1. The molecule has 1 aromatic heterocycles. The van der Waals surface area contributed by atoms with Crippen LogP contribution in [0, 0.1) is 11.8 Å². The third-order valence-electron chi connectivity index (χ3n) is 3.50. The molecule has 1 fully saturated rings. The Morgan fingerprint density at radius 2 is 2.12 bits per heavy atom. The molecule has 88 valence electrons. The zero-order valence-electron chi connectivity index (χ0n) is 9.54. The molecule has 0 spiro atoms. The first-order chi connectivity index (χ1) is 7.66. The molecule has 0 unspecified atom stereocenters. The van der Waals surface area contributed by atoms with E-state index in [0.717, 1.165) is 23.2 Å². The Labute approximate surface area is 109 Å². The van der Waals surface area contributed by atoms with Gasteiger partial charge in [0.15, 0.2) is 0 Å². The predicted octanol–water partition coefficient (Wildman–Crippen LogP) is 4.45. The average Bonchev–Trinajstić information content (AvgIpc) is 2.65. The van der Waals surface area contributed by atoms with Crippen LogP contribution in [0.5, 0.6) is 0 Å². The van der Waals surface area contributed by atoms with E-state index in [2.05, 4.69) is 22.9 Å². The van der Waals surface area contributed by atoms with Gasteiger partial charge in [-0.25, -0.2) is 0 Å². The molecule has 1 aliphatic rings. The van der Waals surface area contributed by atoms with Crippen molar-refractivity contribution in [3.8, 4) is 0 Å². The average molecular weight is 301 g/mol. The van der Waals surface area contributed by atoms with Gasteiger partial charge < -0.3 is 0 Å². The zero-order chi connectivity index (χ0) is 11.5. The smallest absolute Gasteiger partial charge is 0.141 e. The van der Waals surface area contributed by atoms with E-state index in [4.69, 9.17) is 0 Å². The van der Waals surface area contributed by atoms with Crippen LogP contribution >= 0.6 is 27.3 Å². The second-order valence-electron chi connectivity index (χ2n) is 4.79. The maximum Gasteiger partial charge on any atom is 0.141 e. The number of halogens is 1. The molecule has 0 amide bonds. The summed E-state index contributed by atoms with van der Waals surface area (Å²) in [5.74, 6) is 1.58. The minimum Gasteiger partial charge on any atom is -0.299 e. The highest BCUT2D eigenvalue weighted by atomic mass is 79.9. The molecule has 1 nitrogen and oxygen atoms in total. The highest BCUT2D eigenvalue weighted by Gasteiger charge is 2.24. The van der Waals surface area contributed by atoms with Crippen molar-refractivity contribution in [3.05, 3.63) is 20.8 Å². The van der Waals surface area contributed by atoms with Gasteiger partial charge in [0.2, 0.25) is 0 Å². The molecule has 1 aliphatic carbocycles. The Balaban J connectivity index is 1.91. The van der Waals surface area contributed by atoms with Crippen molar-refractivity contribution in [2.75, 3.05) is 0 Å². The van der Waals surface area contributed by atoms with Crippen molar-refractivity contribution < 1.29 is 4.79 Å². The summed E-state index contributed by atoms with van der Waals surface area (Å²) in [5, 5.41) is 2.04. The third kappa shape index (κ3) is 2.95. The van der Waals surface area contributed by atoms with Crippen molar-refractivity contribution >= 4 is 33.0 Å². The topological polar surface area (TPSA) is 17.1 Å². The molecular formula is C13H17BrOS. The van der Waals surface area contributed by atoms with E-state index in [1.807, 2.05) is 11.4 Å². The van der Waals surface area contributed by atoms with Crippen LogP contribution in [0.1, 0.15) is 37.5 Å². The first kappa shape index (κ1) is 12.3. The third-order valence-corrected chi connectivity index (χ3v) is 5.42. The highest BCUT2D eigenvalue weighted by Crippen LogP contribution is 2.31. The molecule has 0 bridgehead atoms. The maximum atomic E-state index is 12.1. The molecule has 2 rings (SSSR count). The summed E-state index contributed by atoms with van der Waals surface area (Å²) >= 11 is 5.16. The van der Waals surface area contributed by atoms with Crippen LogP contribution in [0.15, 0.2) is 15.9 Å². The van der Waals surface area contributed by atoms with Gasteiger partial charge in [-0.1, -0.05) is 19.8 Å². The minimum absolute atomic E-state index is 0.324. The monoisotopic (exact) mass is 300 g/mol. The molecule has 3 heteroatoms. The number of hydrogen-bond acceptors (Lipinski definition) is 2. The van der Waals surface area contributed by atoms with Crippen LogP contribution in [0.25, 0.3) is 0 Å². The molecule has 0 radical (unpaired) electrons. The molecule has 0 atom stereocenters. The van der Waals surface area contributed by atoms with Crippen LogP contribution in [0.4, 0.5) is 0 Å². The summed E-state index contributed by atoms with van der Waals surface area (Å²) in [5.41, 5.74) is 0. The fourth-order valence-corrected chi connectivity index (χ4v) is 3.84. The highest BCUT2D eigenvalue weighted by molar-refractivity contribution is 9.10. The number of thiophene rings is 1. The lowest BCUT2D eigenvalue weighted by Gasteiger charge is -2.24. The van der Waals surface area contributed by atoms with Gasteiger partial charge in [-0.2, -0.15) is 0 Å². The van der Waals surface area contributed by atoms with Crippen molar-refractivity contribution in [2.45, 2.75) is 39.0 Å². The zero-order valence-corrected chi connectivity index (χ0v) is 11.9. The van der Waals surface area contributed by atoms with Gasteiger partial charge >= 0.3 is 0 Å². The normalized spacial score (nSPS) is 25.6. The van der Waals surface area contributed by atoms with Gasteiger partial charge in [-0.15, -0.1) is 11.3 Å². The van der Waals surface area contributed by atoms with E-state index < -0.39 is 0 Å². The van der Waals surface area contributed by atoms with Gasteiger partial charge in [-0.05, 0) is 46.1 Å². The Kier molecular flexibility index (Phi) is 4.20. The molecule has 1 saturated carbocycles. The molecular weight excluding hydrogens is 284 g/mol. The van der Waals surface area contributed by atoms with E-state index in [-0.39, 0.29) is 0 Å². The lowest BCUT2D eigenvalue weighted by Crippen LogP contribution is -2.22. The quantitative estimate of drug-likeness (QED) is 0.806. The lowest BCUT2D eigenvalue weighted by atomic mass is 9.80. The summed E-state index contributed by atoms with van der Waals surface area (Å²) in [4.78, 5) is 13.3. The Bertz CT molecular complexity index is 364. The second-order valence-corrected chi connectivity index (χ2v) is 6.65. The minimum atomic E-state index is 0.324. The number of carbonyl (C=O) groups excluding carboxylic acids is 1. The van der Waals surface area contributed by atoms with Gasteiger partial charge in [0, 0.05) is 21.7 Å². The standard InChI is InChI=1S/C13H17BrOS/c1-9-2-4-10(5-3-9)12(15)8-13-11(14)6-7-16-13/h6-7,9-10H,2-5,8H2,1H3. The van der Waals surface area contributed by atoms with E-state index in [0.29, 0.717) is 18.1 Å². The maximum absolute atomic E-state index is 12.1. The lowest BCUT2D eigenvalue weighted by molar-refractivity contribution is -0.123. The van der Waals surface area contributed by atoms with Crippen LogP contribution in [0.2, 0.25) is 0 Å². The number of ketones is 1. The molecule has 1 heterocycles. The van der Waals surface area contributed by atoms with Crippen LogP contribution < -0.4 is 0 Å². The van der Waals surface area contributed by atoms with Gasteiger partial charge in [0.25, 0.3) is 0 Å². The molecule has 0 aliphatic heterocycles. The number of carbonyl (C=O) groups is 1. The summed E-state index contributed by atoms with van der Waals surface area (Å²) < 4.78 is 1.09. The Morgan fingerprint density at radius 3 is 2.69 bits per heavy atom. The van der Waals surface area contributed by atoms with Crippen LogP contribution in [0.3, 0.4) is 0 Å². The first-order valence-corrected chi connectivity index (χ1v) is 7.58. The molecule has 0 N–H and O–H groups in total. The molecule has 16 heavy (non-hydrogen) atoms. The fraction of sp³-hybridized carbons (Fsp3) is 0.615. The molecule has 1 aromatic rings. The molecule has 0 aromatic carbocycles. The number of hydrogen-bond donors (Lipinski definition) is 0. The van der Waals surface area contributed by atoms with Gasteiger partial charge in [0.1, 0.15) is 5.78 Å². The molecule has 0 saturated heterocycles. The summed E-state index contributed by atoms with van der Waals surface area (Å²) in [7, 11) is 0. The summed E-state index contributed by atoms with van der Waals surface area (Å²) in [6.45, 7) is 2.29. The largest absolute Gasteiger partial charge is 0.299 e. The predicted molar refractivity (Wildman–Crippen MR) is 71.9 cm³/mol. The van der Waals surface area contributed by atoms with E-state index in [1.165, 1.54) is 17.7 Å². The van der Waals surface area contributed by atoms with Crippen molar-refractivity contribution in [1.82, 2.24) is 0 Å². The van der Waals surface area contributed by atoms with Crippen molar-refractivity contribution in [2.24, 2.45) is 11.8 Å². The number of rotatable bonds is 3. The first-order valence-electron chi connectivity index (χ1n) is 5.91. The van der Waals surface area contributed by atoms with Gasteiger partial charge in [-0.3, -0.25) is 4.79 Å². The summed E-state index contributed by atoms with van der Waals surface area (Å²) in [6, 6.07) is 2.02. The van der Waals surface area contributed by atoms with Crippen molar-refractivity contribution in [3.63, 3.8) is 0 Å². The van der Waals surface area contributed by atoms with Gasteiger partial charge in [0.05, 0.1) is 0 Å². The van der Waals surface area contributed by atoms with Crippen molar-refractivity contribution in [1.29, 1.82) is 0 Å². The number of Topliss-reactive ketones (excluding diaryl/α,β-unsaturated/α-hetero) is 1. The van der Waals surface area contributed by atoms with E-state index >= 15 is 0 Å². The fourth-order valence-electron chi connectivity index (χ4n) is 2.34. The Morgan fingerprint density at radius 1 is 1.44 bits per heavy atom. The van der Waals surface area contributed by atoms with E-state index in [1.54, 1.807) is 11.3 Å². The summed E-state index contributed by atoms with van der Waals surface area (Å²) in [6.07, 6.45) is 5.27.